The lowest BCUT2D eigenvalue weighted by molar-refractivity contribution is 0.0718. The van der Waals surface area contributed by atoms with Crippen molar-refractivity contribution >= 4 is 11.8 Å². The van der Waals surface area contributed by atoms with Crippen LogP contribution in [0.4, 0.5) is 11.8 Å². The second-order valence-corrected chi connectivity index (χ2v) is 8.35. The maximum Gasteiger partial charge on any atom is 0.278 e. The Labute approximate surface area is 199 Å². The molecule has 180 valence electrons. The van der Waals surface area contributed by atoms with Gasteiger partial charge in [-0.2, -0.15) is 0 Å². The Balaban J connectivity index is 1.68. The molecule has 1 aliphatic heterocycles. The highest BCUT2D eigenvalue weighted by Gasteiger charge is 2.35. The molecular formula is C25H32N6O3. The molecule has 0 radical (unpaired) electrons. The highest BCUT2D eigenvalue weighted by molar-refractivity contribution is 5.65. The van der Waals surface area contributed by atoms with Crippen LogP contribution in [0.5, 0.6) is 5.75 Å². The molecule has 2 aromatic heterocycles. The molecule has 1 saturated heterocycles. The van der Waals surface area contributed by atoms with E-state index in [1.54, 1.807) is 37.2 Å². The molecule has 9 nitrogen and oxygen atoms in total. The van der Waals surface area contributed by atoms with E-state index in [4.69, 9.17) is 14.5 Å². The number of aromatic nitrogens is 4. The molecule has 3 heterocycles. The number of benzene rings is 1. The van der Waals surface area contributed by atoms with Gasteiger partial charge in [-0.3, -0.25) is 9.36 Å². The number of nitrogens with one attached hydrogen (secondary N) is 1. The third-order valence-corrected chi connectivity index (χ3v) is 6.19. The smallest absolute Gasteiger partial charge is 0.278 e. The molecule has 34 heavy (non-hydrogen) atoms. The van der Waals surface area contributed by atoms with Gasteiger partial charge in [0, 0.05) is 44.7 Å². The molecule has 1 fully saturated rings. The second kappa shape index (κ2) is 10.2. The summed E-state index contributed by atoms with van der Waals surface area (Å²) < 4.78 is 13.0. The fourth-order valence-corrected chi connectivity index (χ4v) is 4.41. The first kappa shape index (κ1) is 23.7. The number of hydrogen-bond acceptors (Lipinski definition) is 8. The van der Waals surface area contributed by atoms with Gasteiger partial charge in [0.05, 0.1) is 24.9 Å². The molecule has 3 aromatic rings. The minimum Gasteiger partial charge on any atom is -0.497 e. The standard InChI is InChI=1S/C25H32N6O3/c1-6-19-23(29-20-14-31(15-21(20)34-7-2)25-26-11-8-12-27-25)30(4)24(32)22(28-19)18-10-9-17(33-5)13-16(18)3/h8-13,20-21,29H,6-7,14-15H2,1-5H3. The van der Waals surface area contributed by atoms with Gasteiger partial charge in [-0.1, -0.05) is 6.92 Å². The predicted octanol–water partition coefficient (Wildman–Crippen LogP) is 2.82. The fraction of sp³-hybridized carbons (Fsp3) is 0.440. The molecule has 1 aliphatic rings. The molecule has 0 amide bonds. The average molecular weight is 465 g/mol. The number of nitrogens with zero attached hydrogens (tertiary/aromatic N) is 5. The topological polar surface area (TPSA) is 94.4 Å². The van der Waals surface area contributed by atoms with E-state index >= 15 is 0 Å². The van der Waals surface area contributed by atoms with Gasteiger partial charge in [-0.15, -0.1) is 0 Å². The largest absolute Gasteiger partial charge is 0.497 e. The van der Waals surface area contributed by atoms with Gasteiger partial charge in [0.25, 0.3) is 5.56 Å². The van der Waals surface area contributed by atoms with Gasteiger partial charge in [0.15, 0.2) is 0 Å². The van der Waals surface area contributed by atoms with E-state index in [2.05, 4.69) is 20.2 Å². The molecule has 1 N–H and O–H groups in total. The monoisotopic (exact) mass is 464 g/mol. The number of ether oxygens (including phenoxy) is 2. The Morgan fingerprint density at radius 1 is 1.18 bits per heavy atom. The van der Waals surface area contributed by atoms with Crippen LogP contribution < -0.4 is 20.5 Å². The van der Waals surface area contributed by atoms with Crippen LogP contribution in [-0.2, 0) is 18.2 Å². The van der Waals surface area contributed by atoms with Crippen molar-refractivity contribution in [2.75, 3.05) is 37.0 Å². The number of aryl methyl sites for hydroxylation is 2. The molecule has 1 aromatic carbocycles. The first-order valence-corrected chi connectivity index (χ1v) is 11.6. The van der Waals surface area contributed by atoms with Crippen LogP contribution in [0.15, 0.2) is 41.5 Å². The van der Waals surface area contributed by atoms with Gasteiger partial charge < -0.3 is 19.7 Å². The highest BCUT2D eigenvalue weighted by atomic mass is 16.5. The lowest BCUT2D eigenvalue weighted by atomic mass is 10.0. The first-order chi connectivity index (χ1) is 16.5. The van der Waals surface area contributed by atoms with Crippen LogP contribution in [0.25, 0.3) is 11.3 Å². The van der Waals surface area contributed by atoms with Crippen molar-refractivity contribution in [1.29, 1.82) is 0 Å². The summed E-state index contributed by atoms with van der Waals surface area (Å²) in [6, 6.07) is 7.42. The SMILES string of the molecule is CCOC1CN(c2ncccn2)CC1Nc1c(CC)nc(-c2ccc(OC)cc2C)c(=O)n1C. The summed E-state index contributed by atoms with van der Waals surface area (Å²) in [6.45, 7) is 7.91. The van der Waals surface area contributed by atoms with E-state index in [1.807, 2.05) is 39.0 Å². The minimum atomic E-state index is -0.151. The van der Waals surface area contributed by atoms with E-state index in [9.17, 15) is 4.79 Å². The van der Waals surface area contributed by atoms with E-state index in [-0.39, 0.29) is 17.7 Å². The molecule has 2 unspecified atom stereocenters. The third kappa shape index (κ3) is 4.61. The maximum absolute atomic E-state index is 13.4. The first-order valence-electron chi connectivity index (χ1n) is 11.6. The van der Waals surface area contributed by atoms with Crippen molar-refractivity contribution in [1.82, 2.24) is 19.5 Å². The Morgan fingerprint density at radius 2 is 1.94 bits per heavy atom. The van der Waals surface area contributed by atoms with Crippen molar-refractivity contribution < 1.29 is 9.47 Å². The Hall–Kier alpha value is -3.46. The van der Waals surface area contributed by atoms with Crippen molar-refractivity contribution in [3.63, 3.8) is 0 Å². The average Bonchev–Trinajstić information content (AvgIpc) is 3.25. The zero-order valence-corrected chi connectivity index (χ0v) is 20.4. The predicted molar refractivity (Wildman–Crippen MR) is 133 cm³/mol. The Morgan fingerprint density at radius 3 is 2.59 bits per heavy atom. The van der Waals surface area contributed by atoms with Crippen LogP contribution >= 0.6 is 0 Å². The van der Waals surface area contributed by atoms with Gasteiger partial charge in [0.1, 0.15) is 17.3 Å². The van der Waals surface area contributed by atoms with Crippen molar-refractivity contribution in [3.05, 3.63) is 58.3 Å². The van der Waals surface area contributed by atoms with Crippen LogP contribution in [0, 0.1) is 6.92 Å². The number of hydrogen-bond donors (Lipinski definition) is 1. The Bertz CT molecular complexity index is 1200. The van der Waals surface area contributed by atoms with Crippen molar-refractivity contribution in [2.45, 2.75) is 39.3 Å². The zero-order chi connectivity index (χ0) is 24.2. The molecule has 0 spiro atoms. The highest BCUT2D eigenvalue weighted by Crippen LogP contribution is 2.27. The van der Waals surface area contributed by atoms with E-state index in [1.165, 1.54) is 0 Å². The lowest BCUT2D eigenvalue weighted by Gasteiger charge is -2.24. The number of methoxy groups -OCH3 is 1. The lowest BCUT2D eigenvalue weighted by Crippen LogP contribution is -2.37. The summed E-state index contributed by atoms with van der Waals surface area (Å²) in [6.07, 6.45) is 4.08. The quantitative estimate of drug-likeness (QED) is 0.544. The van der Waals surface area contributed by atoms with Gasteiger partial charge in [-0.05, 0) is 50.1 Å². The van der Waals surface area contributed by atoms with Crippen LogP contribution in [-0.4, -0.2) is 58.5 Å². The van der Waals surface area contributed by atoms with Crippen molar-refractivity contribution in [3.8, 4) is 17.0 Å². The van der Waals surface area contributed by atoms with E-state index < -0.39 is 0 Å². The summed E-state index contributed by atoms with van der Waals surface area (Å²) >= 11 is 0. The molecular weight excluding hydrogens is 432 g/mol. The van der Waals surface area contributed by atoms with Gasteiger partial charge in [0.2, 0.25) is 5.95 Å². The number of anilines is 2. The molecule has 0 saturated carbocycles. The number of rotatable bonds is 8. The van der Waals surface area contributed by atoms with Gasteiger partial charge in [-0.25, -0.2) is 15.0 Å². The molecule has 2 atom stereocenters. The van der Waals surface area contributed by atoms with E-state index in [0.717, 1.165) is 22.6 Å². The summed E-state index contributed by atoms with van der Waals surface area (Å²) in [5.74, 6) is 2.14. The van der Waals surface area contributed by atoms with Gasteiger partial charge >= 0.3 is 0 Å². The van der Waals surface area contributed by atoms with Crippen LogP contribution in [0.3, 0.4) is 0 Å². The summed E-state index contributed by atoms with van der Waals surface area (Å²) in [5.41, 5.74) is 2.87. The summed E-state index contributed by atoms with van der Waals surface area (Å²) in [4.78, 5) is 29.1. The van der Waals surface area contributed by atoms with Crippen LogP contribution in [0.1, 0.15) is 25.1 Å². The second-order valence-electron chi connectivity index (χ2n) is 8.35. The third-order valence-electron chi connectivity index (χ3n) is 6.19. The van der Waals surface area contributed by atoms with Crippen molar-refractivity contribution in [2.24, 2.45) is 7.05 Å². The minimum absolute atomic E-state index is 0.0463. The molecule has 0 aliphatic carbocycles. The fourth-order valence-electron chi connectivity index (χ4n) is 4.41. The maximum atomic E-state index is 13.4. The summed E-state index contributed by atoms with van der Waals surface area (Å²) in [5, 5.41) is 3.57. The zero-order valence-electron chi connectivity index (χ0n) is 20.4. The molecule has 0 bridgehead atoms. The Kier molecular flexibility index (Phi) is 7.12. The molecule has 4 rings (SSSR count). The van der Waals surface area contributed by atoms with E-state index in [0.29, 0.717) is 43.6 Å². The van der Waals surface area contributed by atoms with Crippen LogP contribution in [0.2, 0.25) is 0 Å². The normalized spacial score (nSPS) is 17.7. The summed E-state index contributed by atoms with van der Waals surface area (Å²) in [7, 11) is 3.42. The molecule has 9 heteroatoms.